The quantitative estimate of drug-likeness (QED) is 0.927. The molecule has 0 saturated heterocycles. The minimum atomic E-state index is -0.478. The number of methoxy groups -OCH3 is 1. The Labute approximate surface area is 139 Å². The SMILES string of the molecule is COc1ncc(CN2CCc3nc(C(C)C)[nH]c(=O)c3C2)cc1F. The van der Waals surface area contributed by atoms with Gasteiger partial charge in [-0.3, -0.25) is 9.69 Å². The Morgan fingerprint density at radius 1 is 1.46 bits per heavy atom. The van der Waals surface area contributed by atoms with Crippen LogP contribution in [0, 0.1) is 5.82 Å². The van der Waals surface area contributed by atoms with Gasteiger partial charge < -0.3 is 9.72 Å². The van der Waals surface area contributed by atoms with E-state index in [4.69, 9.17) is 4.74 Å². The highest BCUT2D eigenvalue weighted by atomic mass is 19.1. The van der Waals surface area contributed by atoms with Crippen molar-refractivity contribution < 1.29 is 9.13 Å². The number of rotatable bonds is 4. The molecule has 3 rings (SSSR count). The molecule has 1 N–H and O–H groups in total. The molecule has 0 saturated carbocycles. The molecule has 0 amide bonds. The van der Waals surface area contributed by atoms with Crippen molar-refractivity contribution in [1.82, 2.24) is 19.9 Å². The average molecular weight is 332 g/mol. The van der Waals surface area contributed by atoms with E-state index in [-0.39, 0.29) is 17.4 Å². The van der Waals surface area contributed by atoms with Crippen LogP contribution in [0.2, 0.25) is 0 Å². The monoisotopic (exact) mass is 332 g/mol. The second kappa shape index (κ2) is 6.68. The van der Waals surface area contributed by atoms with E-state index in [1.165, 1.54) is 13.2 Å². The van der Waals surface area contributed by atoms with Gasteiger partial charge in [0.2, 0.25) is 5.88 Å². The van der Waals surface area contributed by atoms with E-state index >= 15 is 0 Å². The van der Waals surface area contributed by atoms with Crippen LogP contribution < -0.4 is 10.3 Å². The van der Waals surface area contributed by atoms with Gasteiger partial charge in [0, 0.05) is 38.2 Å². The molecule has 2 aromatic rings. The number of aromatic nitrogens is 3. The molecule has 0 aliphatic carbocycles. The largest absolute Gasteiger partial charge is 0.479 e. The Hall–Kier alpha value is -2.28. The number of ether oxygens (including phenoxy) is 1. The van der Waals surface area contributed by atoms with Crippen LogP contribution in [0.1, 0.15) is 42.4 Å². The van der Waals surface area contributed by atoms with Gasteiger partial charge in [0.15, 0.2) is 5.82 Å². The first-order chi connectivity index (χ1) is 11.5. The predicted octanol–water partition coefficient (Wildman–Crippen LogP) is 1.99. The van der Waals surface area contributed by atoms with Crippen LogP contribution in [0.3, 0.4) is 0 Å². The number of halogens is 1. The lowest BCUT2D eigenvalue weighted by atomic mass is 10.1. The number of hydrogen-bond donors (Lipinski definition) is 1. The van der Waals surface area contributed by atoms with Gasteiger partial charge >= 0.3 is 0 Å². The highest BCUT2D eigenvalue weighted by molar-refractivity contribution is 5.23. The molecule has 1 aliphatic heterocycles. The first-order valence-corrected chi connectivity index (χ1v) is 8.00. The van der Waals surface area contributed by atoms with Crippen molar-refractivity contribution in [3.8, 4) is 5.88 Å². The maximum atomic E-state index is 13.8. The summed E-state index contributed by atoms with van der Waals surface area (Å²) in [7, 11) is 1.39. The topological polar surface area (TPSA) is 71.1 Å². The van der Waals surface area contributed by atoms with Crippen LogP contribution >= 0.6 is 0 Å². The fraction of sp³-hybridized carbons (Fsp3) is 0.471. The molecule has 2 aromatic heterocycles. The van der Waals surface area contributed by atoms with Crippen molar-refractivity contribution >= 4 is 0 Å². The normalized spacial score (nSPS) is 14.7. The second-order valence-electron chi connectivity index (χ2n) is 6.33. The standard InChI is InChI=1S/C17H21FN4O2/c1-10(2)15-20-14-4-5-22(9-12(14)16(23)21-15)8-11-6-13(18)17(24-3)19-7-11/h6-7,10H,4-5,8-9H2,1-3H3,(H,20,21,23). The van der Waals surface area contributed by atoms with Gasteiger partial charge in [-0.1, -0.05) is 13.8 Å². The Bertz CT molecular complexity index is 804. The third-order valence-corrected chi connectivity index (χ3v) is 4.18. The van der Waals surface area contributed by atoms with Gasteiger partial charge in [0.1, 0.15) is 5.82 Å². The molecule has 0 unspecified atom stereocenters. The molecule has 7 heteroatoms. The fourth-order valence-electron chi connectivity index (χ4n) is 2.87. The average Bonchev–Trinajstić information content (AvgIpc) is 2.55. The van der Waals surface area contributed by atoms with Crippen molar-refractivity contribution in [1.29, 1.82) is 0 Å². The second-order valence-corrected chi connectivity index (χ2v) is 6.33. The third-order valence-electron chi connectivity index (χ3n) is 4.18. The zero-order valence-corrected chi connectivity index (χ0v) is 14.1. The number of pyridine rings is 1. The number of H-pyrrole nitrogens is 1. The van der Waals surface area contributed by atoms with Crippen LogP contribution in [0.5, 0.6) is 5.88 Å². The van der Waals surface area contributed by atoms with E-state index < -0.39 is 5.82 Å². The molecule has 0 aromatic carbocycles. The number of fused-ring (bicyclic) bond motifs is 1. The molecule has 0 radical (unpaired) electrons. The van der Waals surface area contributed by atoms with Crippen LogP contribution in [0.4, 0.5) is 4.39 Å². The van der Waals surface area contributed by atoms with Crippen molar-refractivity contribution in [3.63, 3.8) is 0 Å². The summed E-state index contributed by atoms with van der Waals surface area (Å²) in [5.41, 5.74) is 2.25. The third kappa shape index (κ3) is 3.31. The summed E-state index contributed by atoms with van der Waals surface area (Å²) in [5.74, 6) is 0.432. The molecule has 128 valence electrons. The Kier molecular flexibility index (Phi) is 4.62. The zero-order chi connectivity index (χ0) is 17.3. The molecule has 1 aliphatic rings. The molecule has 0 bridgehead atoms. The maximum Gasteiger partial charge on any atom is 0.255 e. The van der Waals surface area contributed by atoms with Crippen molar-refractivity contribution in [2.24, 2.45) is 0 Å². The minimum Gasteiger partial charge on any atom is -0.479 e. The molecule has 24 heavy (non-hydrogen) atoms. The van der Waals surface area contributed by atoms with Crippen LogP contribution in [-0.2, 0) is 19.5 Å². The van der Waals surface area contributed by atoms with Gasteiger partial charge in [0.05, 0.1) is 18.4 Å². The lowest BCUT2D eigenvalue weighted by Crippen LogP contribution is -2.36. The van der Waals surface area contributed by atoms with E-state index in [1.807, 2.05) is 13.8 Å². The lowest BCUT2D eigenvalue weighted by molar-refractivity contribution is 0.240. The van der Waals surface area contributed by atoms with E-state index in [9.17, 15) is 9.18 Å². The molecular formula is C17H21FN4O2. The number of hydrogen-bond acceptors (Lipinski definition) is 5. The number of aromatic amines is 1. The highest BCUT2D eigenvalue weighted by Crippen LogP contribution is 2.20. The first kappa shape index (κ1) is 16.6. The van der Waals surface area contributed by atoms with Crippen molar-refractivity contribution in [2.75, 3.05) is 13.7 Å². The van der Waals surface area contributed by atoms with Gasteiger partial charge in [-0.25, -0.2) is 14.4 Å². The summed E-state index contributed by atoms with van der Waals surface area (Å²) in [6, 6.07) is 1.42. The van der Waals surface area contributed by atoms with E-state index in [0.29, 0.717) is 25.1 Å². The number of nitrogens with zero attached hydrogens (tertiary/aromatic N) is 3. The van der Waals surface area contributed by atoms with E-state index in [1.54, 1.807) is 6.20 Å². The lowest BCUT2D eigenvalue weighted by Gasteiger charge is -2.27. The Morgan fingerprint density at radius 3 is 2.92 bits per heavy atom. The first-order valence-electron chi connectivity index (χ1n) is 8.00. The predicted molar refractivity (Wildman–Crippen MR) is 87.5 cm³/mol. The van der Waals surface area contributed by atoms with Crippen LogP contribution in [-0.4, -0.2) is 33.5 Å². The summed E-state index contributed by atoms with van der Waals surface area (Å²) in [5, 5.41) is 0. The molecule has 3 heterocycles. The molecule has 0 atom stereocenters. The Balaban J connectivity index is 1.78. The molecular weight excluding hydrogens is 311 g/mol. The molecule has 0 spiro atoms. The maximum absolute atomic E-state index is 13.8. The van der Waals surface area contributed by atoms with Gasteiger partial charge in [-0.2, -0.15) is 0 Å². The van der Waals surface area contributed by atoms with E-state index in [0.717, 1.165) is 23.6 Å². The summed E-state index contributed by atoms with van der Waals surface area (Å²) in [6.45, 7) is 5.81. The van der Waals surface area contributed by atoms with Gasteiger partial charge in [-0.05, 0) is 11.6 Å². The van der Waals surface area contributed by atoms with Crippen LogP contribution in [0.25, 0.3) is 0 Å². The van der Waals surface area contributed by atoms with Gasteiger partial charge in [-0.15, -0.1) is 0 Å². The number of nitrogens with one attached hydrogen (secondary N) is 1. The molecule has 0 fully saturated rings. The zero-order valence-electron chi connectivity index (χ0n) is 14.1. The summed E-state index contributed by atoms with van der Waals surface area (Å²) in [6.07, 6.45) is 2.31. The van der Waals surface area contributed by atoms with Crippen LogP contribution in [0.15, 0.2) is 17.1 Å². The summed E-state index contributed by atoms with van der Waals surface area (Å²) < 4.78 is 18.6. The summed E-state index contributed by atoms with van der Waals surface area (Å²) in [4.78, 5) is 25.8. The molecule has 6 nitrogen and oxygen atoms in total. The summed E-state index contributed by atoms with van der Waals surface area (Å²) >= 11 is 0. The highest BCUT2D eigenvalue weighted by Gasteiger charge is 2.22. The van der Waals surface area contributed by atoms with E-state index in [2.05, 4.69) is 19.9 Å². The van der Waals surface area contributed by atoms with Crippen molar-refractivity contribution in [3.05, 3.63) is 51.1 Å². The smallest absolute Gasteiger partial charge is 0.255 e. The fourth-order valence-corrected chi connectivity index (χ4v) is 2.87. The Morgan fingerprint density at radius 2 is 2.25 bits per heavy atom. The van der Waals surface area contributed by atoms with Gasteiger partial charge in [0.25, 0.3) is 5.56 Å². The van der Waals surface area contributed by atoms with Crippen molar-refractivity contribution in [2.45, 2.75) is 39.3 Å². The minimum absolute atomic E-state index is 0.00963.